The first-order chi connectivity index (χ1) is 13.1. The molecular formula is C20H21ClFN5. The Labute approximate surface area is 162 Å². The molecule has 2 aromatic heterocycles. The van der Waals surface area contributed by atoms with E-state index in [1.807, 2.05) is 12.3 Å². The van der Waals surface area contributed by atoms with Crippen LogP contribution in [0.15, 0.2) is 42.7 Å². The number of likely N-dealkylation sites (N-methyl/N-ethyl adjacent to an activating group) is 1. The van der Waals surface area contributed by atoms with Crippen molar-refractivity contribution in [3.05, 3.63) is 53.6 Å². The molecule has 4 rings (SSSR count). The zero-order valence-electron chi connectivity index (χ0n) is 15.1. The van der Waals surface area contributed by atoms with Crippen molar-refractivity contribution in [2.24, 2.45) is 0 Å². The second-order valence-electron chi connectivity index (χ2n) is 6.60. The normalized spacial score (nSPS) is 15.3. The van der Waals surface area contributed by atoms with Crippen LogP contribution in [0.2, 0.25) is 5.02 Å². The number of halogens is 2. The summed E-state index contributed by atoms with van der Waals surface area (Å²) in [6, 6.07) is 8.63. The number of nitrogens with zero attached hydrogens (tertiary/aromatic N) is 4. The van der Waals surface area contributed by atoms with Crippen molar-refractivity contribution in [3.8, 4) is 22.6 Å². The lowest BCUT2D eigenvalue weighted by molar-refractivity contribution is 0.270. The number of anilines is 1. The van der Waals surface area contributed by atoms with Gasteiger partial charge in [-0.2, -0.15) is 0 Å². The van der Waals surface area contributed by atoms with Crippen LogP contribution in [0.25, 0.3) is 22.6 Å². The molecule has 7 heteroatoms. The molecule has 0 bridgehead atoms. The molecular weight excluding hydrogens is 365 g/mol. The van der Waals surface area contributed by atoms with E-state index < -0.39 is 5.82 Å². The molecule has 3 heterocycles. The Bertz CT molecular complexity index is 934. The van der Waals surface area contributed by atoms with Crippen LogP contribution in [-0.2, 0) is 0 Å². The largest absolute Gasteiger partial charge is 0.354 e. The summed E-state index contributed by atoms with van der Waals surface area (Å²) in [4.78, 5) is 17.0. The molecule has 1 N–H and O–H groups in total. The van der Waals surface area contributed by atoms with Crippen LogP contribution in [0, 0.1) is 5.82 Å². The van der Waals surface area contributed by atoms with Crippen molar-refractivity contribution in [1.29, 1.82) is 0 Å². The van der Waals surface area contributed by atoms with E-state index in [2.05, 4.69) is 37.7 Å². The lowest BCUT2D eigenvalue weighted by Gasteiger charge is -2.34. The van der Waals surface area contributed by atoms with Crippen LogP contribution < -0.4 is 4.90 Å². The summed E-state index contributed by atoms with van der Waals surface area (Å²) in [7, 11) is 0. The average molecular weight is 386 g/mol. The first-order valence-electron chi connectivity index (χ1n) is 9.08. The Balaban J connectivity index is 1.56. The highest BCUT2D eigenvalue weighted by molar-refractivity contribution is 6.31. The summed E-state index contributed by atoms with van der Waals surface area (Å²) in [6.07, 6.45) is 3.55. The number of rotatable bonds is 4. The number of hydrogen-bond donors (Lipinski definition) is 1. The molecule has 1 saturated heterocycles. The summed E-state index contributed by atoms with van der Waals surface area (Å²) < 4.78 is 13.4. The van der Waals surface area contributed by atoms with Crippen molar-refractivity contribution in [1.82, 2.24) is 19.9 Å². The summed E-state index contributed by atoms with van der Waals surface area (Å²) in [5.41, 5.74) is 2.56. The molecule has 1 aliphatic rings. The second kappa shape index (κ2) is 7.66. The molecule has 140 valence electrons. The van der Waals surface area contributed by atoms with E-state index in [4.69, 9.17) is 11.6 Å². The first-order valence-corrected chi connectivity index (χ1v) is 9.46. The van der Waals surface area contributed by atoms with Gasteiger partial charge >= 0.3 is 0 Å². The van der Waals surface area contributed by atoms with Gasteiger partial charge in [0.25, 0.3) is 0 Å². The highest BCUT2D eigenvalue weighted by Gasteiger charge is 2.17. The van der Waals surface area contributed by atoms with Gasteiger partial charge in [-0.25, -0.2) is 14.4 Å². The van der Waals surface area contributed by atoms with Gasteiger partial charge in [0.15, 0.2) is 0 Å². The maximum absolute atomic E-state index is 13.4. The number of H-pyrrole nitrogens is 1. The maximum atomic E-state index is 13.4. The summed E-state index contributed by atoms with van der Waals surface area (Å²) in [5.74, 6) is 1.29. The number of aromatic nitrogens is 3. The number of imidazole rings is 1. The summed E-state index contributed by atoms with van der Waals surface area (Å²) in [5, 5.41) is 0.0982. The van der Waals surface area contributed by atoms with Crippen molar-refractivity contribution >= 4 is 17.4 Å². The van der Waals surface area contributed by atoms with Gasteiger partial charge in [0.2, 0.25) is 0 Å². The minimum atomic E-state index is -0.429. The van der Waals surface area contributed by atoms with E-state index in [0.717, 1.165) is 61.2 Å². The van der Waals surface area contributed by atoms with Gasteiger partial charge in [-0.15, -0.1) is 0 Å². The lowest BCUT2D eigenvalue weighted by atomic mass is 10.2. The third-order valence-electron chi connectivity index (χ3n) is 4.97. The Morgan fingerprint density at radius 2 is 1.89 bits per heavy atom. The molecule has 5 nitrogen and oxygen atoms in total. The van der Waals surface area contributed by atoms with Gasteiger partial charge < -0.3 is 14.8 Å². The van der Waals surface area contributed by atoms with Gasteiger partial charge in [-0.05, 0) is 36.9 Å². The van der Waals surface area contributed by atoms with Crippen LogP contribution in [0.3, 0.4) is 0 Å². The number of pyridine rings is 1. The van der Waals surface area contributed by atoms with Gasteiger partial charge in [-0.3, -0.25) is 0 Å². The molecule has 1 aliphatic heterocycles. The third-order valence-corrected chi connectivity index (χ3v) is 5.26. The van der Waals surface area contributed by atoms with Gasteiger partial charge in [-0.1, -0.05) is 18.5 Å². The lowest BCUT2D eigenvalue weighted by Crippen LogP contribution is -2.46. The molecule has 1 aromatic carbocycles. The molecule has 0 atom stereocenters. The van der Waals surface area contributed by atoms with E-state index >= 15 is 0 Å². The quantitative estimate of drug-likeness (QED) is 0.735. The van der Waals surface area contributed by atoms with Crippen LogP contribution >= 0.6 is 11.6 Å². The topological polar surface area (TPSA) is 48.0 Å². The Hall–Kier alpha value is -2.44. The number of aromatic amines is 1. The summed E-state index contributed by atoms with van der Waals surface area (Å²) in [6.45, 7) is 7.34. The molecule has 3 aromatic rings. The van der Waals surface area contributed by atoms with Crippen LogP contribution in [0.4, 0.5) is 10.2 Å². The van der Waals surface area contributed by atoms with Gasteiger partial charge in [0, 0.05) is 43.5 Å². The van der Waals surface area contributed by atoms with E-state index in [9.17, 15) is 4.39 Å². The number of piperazine rings is 1. The van der Waals surface area contributed by atoms with E-state index in [-0.39, 0.29) is 5.02 Å². The number of nitrogens with one attached hydrogen (secondary N) is 1. The van der Waals surface area contributed by atoms with Crippen molar-refractivity contribution < 1.29 is 4.39 Å². The standard InChI is InChI=1S/C20H21ClFN5/c1-2-26-7-9-27(10-8-26)19-12-15(5-6-23-19)20-24-13-18(25-20)14-3-4-17(22)16(21)11-14/h3-6,11-13H,2,7-10H2,1H3,(H,24,25). The predicted octanol–water partition coefficient (Wildman–Crippen LogP) is 4.07. The van der Waals surface area contributed by atoms with Gasteiger partial charge in [0.1, 0.15) is 17.5 Å². The molecule has 0 amide bonds. The second-order valence-corrected chi connectivity index (χ2v) is 7.01. The Morgan fingerprint density at radius 1 is 1.07 bits per heavy atom. The zero-order chi connectivity index (χ0) is 18.8. The van der Waals surface area contributed by atoms with E-state index in [1.54, 1.807) is 18.3 Å². The van der Waals surface area contributed by atoms with Crippen LogP contribution in [0.1, 0.15) is 6.92 Å². The maximum Gasteiger partial charge on any atom is 0.141 e. The highest BCUT2D eigenvalue weighted by Crippen LogP contribution is 2.27. The smallest absolute Gasteiger partial charge is 0.141 e. The van der Waals surface area contributed by atoms with Gasteiger partial charge in [0.05, 0.1) is 16.9 Å². The average Bonchev–Trinajstić information content (AvgIpc) is 3.20. The fraction of sp³-hybridized carbons (Fsp3) is 0.300. The first kappa shape index (κ1) is 17.9. The zero-order valence-corrected chi connectivity index (χ0v) is 15.9. The minimum Gasteiger partial charge on any atom is -0.354 e. The third kappa shape index (κ3) is 3.82. The molecule has 0 saturated carbocycles. The molecule has 27 heavy (non-hydrogen) atoms. The SMILES string of the molecule is CCN1CCN(c2cc(-c3ncc(-c4ccc(F)c(Cl)c4)[nH]3)ccn2)CC1. The highest BCUT2D eigenvalue weighted by atomic mass is 35.5. The molecule has 0 radical (unpaired) electrons. The molecule has 0 spiro atoms. The fourth-order valence-corrected chi connectivity index (χ4v) is 3.49. The summed E-state index contributed by atoms with van der Waals surface area (Å²) >= 11 is 5.89. The number of benzene rings is 1. The Kier molecular flexibility index (Phi) is 5.09. The van der Waals surface area contributed by atoms with E-state index in [0.29, 0.717) is 0 Å². The van der Waals surface area contributed by atoms with E-state index in [1.165, 1.54) is 6.07 Å². The fourth-order valence-electron chi connectivity index (χ4n) is 3.31. The van der Waals surface area contributed by atoms with Crippen molar-refractivity contribution in [2.75, 3.05) is 37.6 Å². The predicted molar refractivity (Wildman–Crippen MR) is 107 cm³/mol. The molecule has 0 aliphatic carbocycles. The van der Waals surface area contributed by atoms with Crippen molar-refractivity contribution in [3.63, 3.8) is 0 Å². The van der Waals surface area contributed by atoms with Crippen LogP contribution in [-0.4, -0.2) is 52.6 Å². The monoisotopic (exact) mass is 385 g/mol. The molecule has 0 unspecified atom stereocenters. The Morgan fingerprint density at radius 3 is 2.63 bits per heavy atom. The van der Waals surface area contributed by atoms with Crippen LogP contribution in [0.5, 0.6) is 0 Å². The number of hydrogen-bond acceptors (Lipinski definition) is 4. The molecule has 1 fully saturated rings. The minimum absolute atomic E-state index is 0.0982. The van der Waals surface area contributed by atoms with Crippen molar-refractivity contribution in [2.45, 2.75) is 6.92 Å².